The summed E-state index contributed by atoms with van der Waals surface area (Å²) >= 11 is 3.33. The van der Waals surface area contributed by atoms with Crippen LogP contribution < -0.4 is 4.74 Å². The summed E-state index contributed by atoms with van der Waals surface area (Å²) < 4.78 is 5.92. The lowest BCUT2D eigenvalue weighted by molar-refractivity contribution is -0.131. The zero-order chi connectivity index (χ0) is 12.1. The summed E-state index contributed by atoms with van der Waals surface area (Å²) in [5, 5.41) is 9.15. The molecule has 0 spiro atoms. The number of halogens is 1. The Hall–Kier alpha value is -1.13. The van der Waals surface area contributed by atoms with Crippen LogP contribution >= 0.6 is 15.9 Å². The normalized spacial score (nSPS) is 12.8. The van der Waals surface area contributed by atoms with Gasteiger partial charge in [0.05, 0.1) is 6.10 Å². The molecule has 1 rings (SSSR count). The average Bonchev–Trinajstić information content (AvgIpc) is 2.17. The number of esters is 1. The van der Waals surface area contributed by atoms with Gasteiger partial charge in [-0.25, -0.2) is 0 Å². The van der Waals surface area contributed by atoms with Crippen LogP contribution in [0.3, 0.4) is 0 Å². The van der Waals surface area contributed by atoms with Crippen LogP contribution in [-0.2, 0) is 4.79 Å². The first-order valence-corrected chi connectivity index (χ1v) is 5.62. The van der Waals surface area contributed by atoms with E-state index in [1.165, 1.54) is 6.92 Å². The van der Waals surface area contributed by atoms with Crippen LogP contribution in [0.1, 0.15) is 19.4 Å². The fourth-order valence-corrected chi connectivity index (χ4v) is 1.52. The molecule has 0 aromatic heterocycles. The molecule has 1 aromatic rings. The number of hydrogen-bond donors (Lipinski definition) is 1. The van der Waals surface area contributed by atoms with Crippen molar-refractivity contribution in [2.45, 2.75) is 20.0 Å². The Morgan fingerprint density at radius 2 is 2.25 bits per heavy atom. The number of carbonyl (C=O) groups is 1. The third-order valence-corrected chi connectivity index (χ3v) is 2.27. The number of carbonyl (C=O) groups excluding carboxylic acids is 1. The van der Waals surface area contributed by atoms with E-state index in [2.05, 4.69) is 15.9 Å². The highest BCUT2D eigenvalue weighted by molar-refractivity contribution is 9.10. The molecule has 0 aliphatic rings. The largest absolute Gasteiger partial charge is 0.426 e. The van der Waals surface area contributed by atoms with E-state index >= 15 is 0 Å². The quantitative estimate of drug-likeness (QED) is 0.686. The van der Waals surface area contributed by atoms with Crippen LogP contribution in [0.5, 0.6) is 5.75 Å². The number of aliphatic hydroxyl groups excluding tert-OH is 1. The monoisotopic (exact) mass is 284 g/mol. The zero-order valence-electron chi connectivity index (χ0n) is 9.11. The molecule has 0 bridgehead atoms. The molecule has 1 atom stereocenters. The standard InChI is InChI=1S/C12H13BrO3/c1-8(14)3-4-10-7-11(13)5-6-12(10)16-9(2)15/h3-8,14H,1-2H3/b4-3+. The highest BCUT2D eigenvalue weighted by atomic mass is 79.9. The lowest BCUT2D eigenvalue weighted by Crippen LogP contribution is -2.02. The lowest BCUT2D eigenvalue weighted by atomic mass is 10.1. The van der Waals surface area contributed by atoms with Crippen molar-refractivity contribution in [1.82, 2.24) is 0 Å². The van der Waals surface area contributed by atoms with Gasteiger partial charge in [-0.15, -0.1) is 0 Å². The molecule has 1 aromatic carbocycles. The van der Waals surface area contributed by atoms with Crippen LogP contribution in [0.4, 0.5) is 0 Å². The number of benzene rings is 1. The second-order valence-corrected chi connectivity index (χ2v) is 4.29. The van der Waals surface area contributed by atoms with Crippen LogP contribution in [-0.4, -0.2) is 17.2 Å². The van der Waals surface area contributed by atoms with E-state index in [1.54, 1.807) is 31.2 Å². The van der Waals surface area contributed by atoms with Gasteiger partial charge >= 0.3 is 5.97 Å². The van der Waals surface area contributed by atoms with Gasteiger partial charge in [0.15, 0.2) is 0 Å². The number of ether oxygens (including phenoxy) is 1. The van der Waals surface area contributed by atoms with Crippen LogP contribution in [0, 0.1) is 0 Å². The molecule has 0 amide bonds. The summed E-state index contributed by atoms with van der Waals surface area (Å²) in [6, 6.07) is 5.31. The summed E-state index contributed by atoms with van der Waals surface area (Å²) in [6.45, 7) is 3.00. The van der Waals surface area contributed by atoms with E-state index in [4.69, 9.17) is 9.84 Å². The molecular weight excluding hydrogens is 272 g/mol. The summed E-state index contributed by atoms with van der Waals surface area (Å²) in [5.74, 6) is 0.113. The fraction of sp³-hybridized carbons (Fsp3) is 0.250. The zero-order valence-corrected chi connectivity index (χ0v) is 10.7. The van der Waals surface area contributed by atoms with Crippen molar-refractivity contribution < 1.29 is 14.6 Å². The van der Waals surface area contributed by atoms with E-state index in [0.29, 0.717) is 5.75 Å². The van der Waals surface area contributed by atoms with Gasteiger partial charge in [0.1, 0.15) is 5.75 Å². The van der Waals surface area contributed by atoms with E-state index in [9.17, 15) is 4.79 Å². The van der Waals surface area contributed by atoms with Gasteiger partial charge in [0.2, 0.25) is 0 Å². The molecule has 16 heavy (non-hydrogen) atoms. The minimum absolute atomic E-state index is 0.367. The minimum atomic E-state index is -0.538. The summed E-state index contributed by atoms with van der Waals surface area (Å²) in [4.78, 5) is 10.9. The Labute approximate surface area is 103 Å². The number of rotatable bonds is 3. The first-order valence-electron chi connectivity index (χ1n) is 4.83. The van der Waals surface area contributed by atoms with Crippen molar-refractivity contribution in [2.75, 3.05) is 0 Å². The van der Waals surface area contributed by atoms with Crippen LogP contribution in [0.2, 0.25) is 0 Å². The summed E-state index contributed by atoms with van der Waals surface area (Å²) in [7, 11) is 0. The Morgan fingerprint density at radius 3 is 2.81 bits per heavy atom. The average molecular weight is 285 g/mol. The van der Waals surface area contributed by atoms with Gasteiger partial charge in [0, 0.05) is 17.0 Å². The molecule has 0 radical (unpaired) electrons. The molecule has 1 unspecified atom stereocenters. The molecule has 0 heterocycles. The maximum Gasteiger partial charge on any atom is 0.308 e. The van der Waals surface area contributed by atoms with Crippen molar-refractivity contribution in [2.24, 2.45) is 0 Å². The Balaban J connectivity index is 3.03. The summed E-state index contributed by atoms with van der Waals surface area (Å²) in [5.41, 5.74) is 0.741. The summed E-state index contributed by atoms with van der Waals surface area (Å²) in [6.07, 6.45) is 2.80. The Kier molecular flexibility index (Phi) is 4.71. The highest BCUT2D eigenvalue weighted by Gasteiger charge is 2.04. The first-order chi connectivity index (χ1) is 7.49. The van der Waals surface area contributed by atoms with Crippen molar-refractivity contribution in [3.63, 3.8) is 0 Å². The smallest absolute Gasteiger partial charge is 0.308 e. The van der Waals surface area contributed by atoms with Gasteiger partial charge in [-0.3, -0.25) is 4.79 Å². The second-order valence-electron chi connectivity index (χ2n) is 3.38. The molecule has 0 aliphatic heterocycles. The number of aliphatic hydroxyl groups is 1. The molecule has 0 saturated heterocycles. The molecule has 4 heteroatoms. The van der Waals surface area contributed by atoms with Crippen molar-refractivity contribution in [3.05, 3.63) is 34.3 Å². The predicted molar refractivity (Wildman–Crippen MR) is 66.2 cm³/mol. The molecule has 0 saturated carbocycles. The number of hydrogen-bond acceptors (Lipinski definition) is 3. The predicted octanol–water partition coefficient (Wildman–Crippen LogP) is 2.77. The maximum atomic E-state index is 10.9. The molecule has 0 fully saturated rings. The minimum Gasteiger partial charge on any atom is -0.426 e. The van der Waals surface area contributed by atoms with Gasteiger partial charge < -0.3 is 9.84 Å². The SMILES string of the molecule is CC(=O)Oc1ccc(Br)cc1/C=C/C(C)O. The van der Waals surface area contributed by atoms with Crippen molar-refractivity contribution >= 4 is 28.0 Å². The van der Waals surface area contributed by atoms with Crippen LogP contribution in [0.25, 0.3) is 6.08 Å². The topological polar surface area (TPSA) is 46.5 Å². The van der Waals surface area contributed by atoms with Crippen molar-refractivity contribution in [1.29, 1.82) is 0 Å². The lowest BCUT2D eigenvalue weighted by Gasteiger charge is -2.06. The fourth-order valence-electron chi connectivity index (χ4n) is 1.14. The molecule has 3 nitrogen and oxygen atoms in total. The molecule has 86 valence electrons. The van der Waals surface area contributed by atoms with Gasteiger partial charge in [-0.05, 0) is 25.1 Å². The van der Waals surface area contributed by atoms with Gasteiger partial charge in [-0.1, -0.05) is 28.1 Å². The van der Waals surface area contributed by atoms with Gasteiger partial charge in [-0.2, -0.15) is 0 Å². The maximum absolute atomic E-state index is 10.9. The molecule has 1 N–H and O–H groups in total. The van der Waals surface area contributed by atoms with E-state index in [0.717, 1.165) is 10.0 Å². The van der Waals surface area contributed by atoms with Crippen LogP contribution in [0.15, 0.2) is 28.7 Å². The van der Waals surface area contributed by atoms with Crippen molar-refractivity contribution in [3.8, 4) is 5.75 Å². The van der Waals surface area contributed by atoms with Gasteiger partial charge in [0.25, 0.3) is 0 Å². The first kappa shape index (κ1) is 12.9. The second kappa shape index (κ2) is 5.82. The third-order valence-electron chi connectivity index (χ3n) is 1.78. The van der Waals surface area contributed by atoms with E-state index in [1.807, 2.05) is 6.07 Å². The van der Waals surface area contributed by atoms with E-state index < -0.39 is 6.10 Å². The molecule has 0 aliphatic carbocycles. The van der Waals surface area contributed by atoms with E-state index in [-0.39, 0.29) is 5.97 Å². The molecular formula is C12H13BrO3. The highest BCUT2D eigenvalue weighted by Crippen LogP contribution is 2.24. The third kappa shape index (κ3) is 4.16. The Bertz CT molecular complexity index is 411. The Morgan fingerprint density at radius 1 is 1.56 bits per heavy atom.